The molecule has 0 aliphatic rings. The number of aromatic nitrogens is 5. The summed E-state index contributed by atoms with van der Waals surface area (Å²) in [4.78, 5) is 20.4. The van der Waals surface area contributed by atoms with Crippen LogP contribution in [0.3, 0.4) is 0 Å². The van der Waals surface area contributed by atoms with Crippen LogP contribution in [0.1, 0.15) is 18.1 Å². The normalized spacial score (nSPS) is 10.8. The molecule has 0 bridgehead atoms. The van der Waals surface area contributed by atoms with Gasteiger partial charge in [-0.2, -0.15) is 4.98 Å². The second kappa shape index (κ2) is 9.63. The molecule has 1 amide bonds. The average Bonchev–Trinajstić information content (AvgIpc) is 3.41. The number of benzene rings is 1. The molecular weight excluding hydrogens is 472 g/mol. The lowest BCUT2D eigenvalue weighted by Crippen LogP contribution is -2.12. The number of amides is 1. The van der Waals surface area contributed by atoms with Crippen molar-refractivity contribution in [1.82, 2.24) is 25.3 Å². The van der Waals surface area contributed by atoms with E-state index < -0.39 is 0 Å². The third-order valence-corrected chi connectivity index (χ3v) is 5.13. The fourth-order valence-electron chi connectivity index (χ4n) is 2.46. The predicted molar refractivity (Wildman–Crippen MR) is 112 cm³/mol. The van der Waals surface area contributed by atoms with Crippen molar-refractivity contribution >= 4 is 39.3 Å². The lowest BCUT2D eigenvalue weighted by atomic mass is 10.2. The second-order valence-corrected chi connectivity index (χ2v) is 7.91. The fraction of sp³-hybridized carbons (Fsp3) is 0.158. The minimum atomic E-state index is -0.129. The third kappa shape index (κ3) is 5.51. The molecule has 0 aliphatic heterocycles. The minimum Gasteiger partial charge on any atom is -0.411 e. The van der Waals surface area contributed by atoms with Gasteiger partial charge in [-0.1, -0.05) is 38.9 Å². The van der Waals surface area contributed by atoms with Crippen molar-refractivity contribution in [3.8, 4) is 11.5 Å². The predicted octanol–water partition coefficient (Wildman–Crippen LogP) is 4.14. The van der Waals surface area contributed by atoms with Crippen LogP contribution in [-0.2, 0) is 17.0 Å². The summed E-state index contributed by atoms with van der Waals surface area (Å²) in [5, 5.41) is 15.1. The summed E-state index contributed by atoms with van der Waals surface area (Å²) in [6.07, 6.45) is 3.91. The topological polar surface area (TPSA) is 120 Å². The molecule has 3 aromatic heterocycles. The van der Waals surface area contributed by atoms with Gasteiger partial charge in [-0.15, -0.1) is 10.2 Å². The van der Waals surface area contributed by atoms with Gasteiger partial charge in [0.25, 0.3) is 5.22 Å². The van der Waals surface area contributed by atoms with Gasteiger partial charge in [-0.05, 0) is 30.3 Å². The maximum atomic E-state index is 12.1. The van der Waals surface area contributed by atoms with Crippen molar-refractivity contribution in [2.75, 3.05) is 5.32 Å². The molecule has 0 spiro atoms. The number of aryl methyl sites for hydroxylation is 1. The molecular formula is C19H15BrN6O3S. The number of hydrogen-bond donors (Lipinski definition) is 1. The third-order valence-electron chi connectivity index (χ3n) is 3.82. The Morgan fingerprint density at radius 3 is 2.97 bits per heavy atom. The van der Waals surface area contributed by atoms with Crippen LogP contribution in [-0.4, -0.2) is 31.2 Å². The van der Waals surface area contributed by atoms with Crippen molar-refractivity contribution in [3.63, 3.8) is 0 Å². The van der Waals surface area contributed by atoms with Crippen LogP contribution in [0, 0.1) is 0 Å². The highest BCUT2D eigenvalue weighted by atomic mass is 79.9. The van der Waals surface area contributed by atoms with E-state index in [0.29, 0.717) is 35.0 Å². The Balaban J connectivity index is 1.25. The van der Waals surface area contributed by atoms with Crippen LogP contribution >= 0.6 is 27.7 Å². The van der Waals surface area contributed by atoms with Gasteiger partial charge in [0.2, 0.25) is 17.7 Å². The molecule has 0 atom stereocenters. The van der Waals surface area contributed by atoms with Crippen molar-refractivity contribution in [1.29, 1.82) is 0 Å². The van der Waals surface area contributed by atoms with Gasteiger partial charge in [0.05, 0.1) is 11.3 Å². The molecule has 4 rings (SSSR count). The van der Waals surface area contributed by atoms with E-state index in [1.54, 1.807) is 18.5 Å². The van der Waals surface area contributed by atoms with Crippen LogP contribution in [0.5, 0.6) is 0 Å². The molecule has 9 nitrogen and oxygen atoms in total. The van der Waals surface area contributed by atoms with Gasteiger partial charge in [0, 0.05) is 35.4 Å². The summed E-state index contributed by atoms with van der Waals surface area (Å²) in [6.45, 7) is 0. The average molecular weight is 487 g/mol. The molecule has 1 N–H and O–H groups in total. The van der Waals surface area contributed by atoms with E-state index in [2.05, 4.69) is 46.6 Å². The summed E-state index contributed by atoms with van der Waals surface area (Å²) >= 11 is 4.67. The number of hydrogen-bond acceptors (Lipinski definition) is 9. The number of nitrogens with one attached hydrogen (secondary N) is 1. The Morgan fingerprint density at radius 1 is 1.20 bits per heavy atom. The maximum Gasteiger partial charge on any atom is 0.277 e. The molecule has 152 valence electrons. The number of pyridine rings is 1. The Hall–Kier alpha value is -3.05. The summed E-state index contributed by atoms with van der Waals surface area (Å²) in [5.41, 5.74) is 1.47. The Bertz CT molecular complexity index is 1130. The minimum absolute atomic E-state index is 0.129. The van der Waals surface area contributed by atoms with Gasteiger partial charge in [0.15, 0.2) is 5.82 Å². The van der Waals surface area contributed by atoms with Crippen molar-refractivity contribution in [2.24, 2.45) is 0 Å². The van der Waals surface area contributed by atoms with Gasteiger partial charge >= 0.3 is 0 Å². The molecule has 1 aromatic carbocycles. The highest BCUT2D eigenvalue weighted by Gasteiger charge is 2.13. The van der Waals surface area contributed by atoms with E-state index in [1.807, 2.05) is 30.3 Å². The van der Waals surface area contributed by atoms with Crippen molar-refractivity contribution in [2.45, 2.75) is 23.8 Å². The molecule has 0 unspecified atom stereocenters. The second-order valence-electron chi connectivity index (χ2n) is 6.07. The summed E-state index contributed by atoms with van der Waals surface area (Å²) in [5.74, 6) is 1.56. The van der Waals surface area contributed by atoms with E-state index >= 15 is 0 Å². The first kappa shape index (κ1) is 20.2. The van der Waals surface area contributed by atoms with E-state index in [0.717, 1.165) is 15.7 Å². The molecule has 11 heteroatoms. The quantitative estimate of drug-likeness (QED) is 0.366. The molecule has 0 radical (unpaired) electrons. The van der Waals surface area contributed by atoms with E-state index in [-0.39, 0.29) is 12.3 Å². The molecule has 0 aliphatic carbocycles. The van der Waals surface area contributed by atoms with Crippen LogP contribution in [0.15, 0.2) is 67.4 Å². The lowest BCUT2D eigenvalue weighted by Gasteiger charge is -2.04. The largest absolute Gasteiger partial charge is 0.411 e. The number of thioether (sulfide) groups is 1. The standard InChI is InChI=1S/C19H15BrN6O3S/c20-13-4-1-5-14(9-13)22-16(27)6-7-17-23-15(26-29-17)11-30-19-25-24-18(28-19)12-3-2-8-21-10-12/h1-5,8-10H,6-7,11H2,(H,22,27). The zero-order chi connectivity index (χ0) is 20.8. The SMILES string of the molecule is O=C(CCc1nc(CSc2nnc(-c3cccnc3)o2)no1)Nc1cccc(Br)c1. The molecule has 3 heterocycles. The Morgan fingerprint density at radius 2 is 2.13 bits per heavy atom. The van der Waals surface area contributed by atoms with Crippen molar-refractivity contribution in [3.05, 3.63) is 65.0 Å². The molecule has 0 saturated carbocycles. The van der Waals surface area contributed by atoms with Crippen LogP contribution < -0.4 is 5.32 Å². The molecule has 0 saturated heterocycles. The zero-order valence-electron chi connectivity index (χ0n) is 15.5. The smallest absolute Gasteiger partial charge is 0.277 e. The molecule has 4 aromatic rings. The first-order valence-electron chi connectivity index (χ1n) is 8.89. The molecule has 0 fully saturated rings. The van der Waals surface area contributed by atoms with E-state index in [4.69, 9.17) is 8.94 Å². The monoisotopic (exact) mass is 486 g/mol. The number of halogens is 1. The lowest BCUT2D eigenvalue weighted by molar-refractivity contribution is -0.116. The highest BCUT2D eigenvalue weighted by Crippen LogP contribution is 2.24. The number of nitrogens with zero attached hydrogens (tertiary/aromatic N) is 5. The first-order valence-corrected chi connectivity index (χ1v) is 10.7. The highest BCUT2D eigenvalue weighted by molar-refractivity contribution is 9.10. The number of carbonyl (C=O) groups is 1. The van der Waals surface area contributed by atoms with E-state index in [9.17, 15) is 4.79 Å². The zero-order valence-corrected chi connectivity index (χ0v) is 17.9. The van der Waals surface area contributed by atoms with Crippen LogP contribution in [0.25, 0.3) is 11.5 Å². The Labute approximate surface area is 183 Å². The van der Waals surface area contributed by atoms with Gasteiger partial charge in [-0.25, -0.2) is 0 Å². The fourth-order valence-corrected chi connectivity index (χ4v) is 3.47. The maximum absolute atomic E-state index is 12.1. The van der Waals surface area contributed by atoms with Gasteiger partial charge < -0.3 is 14.3 Å². The first-order chi connectivity index (χ1) is 14.7. The van der Waals surface area contributed by atoms with Crippen molar-refractivity contribution < 1.29 is 13.7 Å². The summed E-state index contributed by atoms with van der Waals surface area (Å²) in [7, 11) is 0. The number of carbonyl (C=O) groups excluding carboxylic acids is 1. The Kier molecular flexibility index (Phi) is 6.50. The summed E-state index contributed by atoms with van der Waals surface area (Å²) in [6, 6.07) is 11.0. The van der Waals surface area contributed by atoms with Crippen LogP contribution in [0.4, 0.5) is 5.69 Å². The molecule has 30 heavy (non-hydrogen) atoms. The van der Waals surface area contributed by atoms with Crippen LogP contribution in [0.2, 0.25) is 0 Å². The summed E-state index contributed by atoms with van der Waals surface area (Å²) < 4.78 is 11.7. The van der Waals surface area contributed by atoms with E-state index in [1.165, 1.54) is 11.8 Å². The number of anilines is 1. The van der Waals surface area contributed by atoms with Gasteiger partial charge in [-0.3, -0.25) is 9.78 Å². The number of rotatable bonds is 8. The van der Waals surface area contributed by atoms with Gasteiger partial charge in [0.1, 0.15) is 0 Å².